The van der Waals surface area contributed by atoms with Crippen molar-refractivity contribution in [2.24, 2.45) is 0 Å². The first-order chi connectivity index (χ1) is 17.9. The van der Waals surface area contributed by atoms with Crippen LogP contribution in [0, 0.1) is 0 Å². The Bertz CT molecular complexity index is 1020. The summed E-state index contributed by atoms with van der Waals surface area (Å²) in [7, 11) is 0. The van der Waals surface area contributed by atoms with Gasteiger partial charge in [-0.15, -0.1) is 0 Å². The zero-order valence-corrected chi connectivity index (χ0v) is 21.2. The summed E-state index contributed by atoms with van der Waals surface area (Å²) in [5, 5.41) is 18.7. The van der Waals surface area contributed by atoms with Crippen molar-refractivity contribution in [2.75, 3.05) is 44.7 Å². The maximum atomic E-state index is 13.0. The average Bonchev–Trinajstić information content (AvgIpc) is 3.39. The number of aliphatic carboxylic acids is 1. The van der Waals surface area contributed by atoms with E-state index in [1.165, 1.54) is 5.56 Å². The molecule has 0 saturated heterocycles. The fourth-order valence-corrected chi connectivity index (χ4v) is 4.27. The van der Waals surface area contributed by atoms with Gasteiger partial charge in [0.05, 0.1) is 6.61 Å². The number of aryl methyl sites for hydroxylation is 2. The minimum Gasteiger partial charge on any atom is -0.480 e. The Hall–Kier alpha value is -3.12. The van der Waals surface area contributed by atoms with Crippen molar-refractivity contribution in [3.63, 3.8) is 0 Å². The fourth-order valence-electron chi connectivity index (χ4n) is 4.27. The van der Waals surface area contributed by atoms with E-state index >= 15 is 0 Å². The third-order valence-electron chi connectivity index (χ3n) is 6.29. The highest BCUT2D eigenvalue weighted by atomic mass is 19.3. The van der Waals surface area contributed by atoms with Gasteiger partial charge in [-0.05, 0) is 69.7 Å². The molecule has 1 aliphatic rings. The Balaban J connectivity index is 1.50. The first kappa shape index (κ1) is 28.5. The van der Waals surface area contributed by atoms with Gasteiger partial charge in [0.15, 0.2) is 0 Å². The number of carboxylic acids is 1. The Morgan fingerprint density at radius 3 is 2.84 bits per heavy atom. The average molecular weight is 523 g/mol. The van der Waals surface area contributed by atoms with Crippen molar-refractivity contribution in [3.8, 4) is 0 Å². The van der Waals surface area contributed by atoms with Crippen molar-refractivity contribution in [3.05, 3.63) is 41.3 Å². The highest BCUT2D eigenvalue weighted by molar-refractivity contribution is 5.95. The highest BCUT2D eigenvalue weighted by Gasteiger charge is 2.25. The Labute approximate surface area is 215 Å². The van der Waals surface area contributed by atoms with E-state index < -0.39 is 24.5 Å². The number of amides is 1. The second-order valence-corrected chi connectivity index (χ2v) is 8.93. The van der Waals surface area contributed by atoms with Crippen molar-refractivity contribution in [1.82, 2.24) is 25.0 Å². The van der Waals surface area contributed by atoms with Gasteiger partial charge in [-0.25, -0.2) is 9.78 Å². The van der Waals surface area contributed by atoms with Gasteiger partial charge < -0.3 is 25.4 Å². The van der Waals surface area contributed by atoms with Crippen molar-refractivity contribution in [1.29, 1.82) is 0 Å². The van der Waals surface area contributed by atoms with Crippen LogP contribution in [0.25, 0.3) is 0 Å². The maximum Gasteiger partial charge on any atom is 0.333 e. The predicted octanol–water partition coefficient (Wildman–Crippen LogP) is 2.97. The number of aromatic nitrogens is 3. The molecular weight excluding hydrogens is 486 g/mol. The zero-order chi connectivity index (χ0) is 26.6. The normalized spacial score (nSPS) is 13.9. The van der Waals surface area contributed by atoms with E-state index in [0.29, 0.717) is 26.3 Å². The van der Waals surface area contributed by atoms with E-state index in [1.54, 1.807) is 0 Å². The molecule has 2 aromatic heterocycles. The molecule has 0 bridgehead atoms. The summed E-state index contributed by atoms with van der Waals surface area (Å²) < 4.78 is 31.8. The molecular formula is C25H36F2N6O4. The van der Waals surface area contributed by atoms with E-state index in [-0.39, 0.29) is 16.8 Å². The quantitative estimate of drug-likeness (QED) is 0.288. The smallest absolute Gasteiger partial charge is 0.333 e. The highest BCUT2D eigenvalue weighted by Crippen LogP contribution is 2.20. The SMILES string of the molecule is CCOCCN(CCCCc1ccc2c(n1)NCCC2)CCC(NC(=O)c1ccnn1C(F)F)C(=O)O. The molecule has 1 atom stereocenters. The van der Waals surface area contributed by atoms with Crippen LogP contribution in [0.15, 0.2) is 24.4 Å². The third-order valence-corrected chi connectivity index (χ3v) is 6.29. The summed E-state index contributed by atoms with van der Waals surface area (Å²) in [5.74, 6) is -1.15. The maximum absolute atomic E-state index is 13.0. The molecule has 1 aliphatic heterocycles. The second kappa shape index (κ2) is 14.6. The van der Waals surface area contributed by atoms with E-state index in [1.807, 2.05) is 6.92 Å². The van der Waals surface area contributed by atoms with Gasteiger partial charge in [0.2, 0.25) is 0 Å². The lowest BCUT2D eigenvalue weighted by Crippen LogP contribution is -2.44. The van der Waals surface area contributed by atoms with Gasteiger partial charge in [-0.2, -0.15) is 18.6 Å². The molecule has 10 nitrogen and oxygen atoms in total. The fraction of sp³-hybridized carbons (Fsp3) is 0.600. The minimum absolute atomic E-state index is 0.119. The number of fused-ring (bicyclic) bond motifs is 1. The van der Waals surface area contributed by atoms with Crippen molar-refractivity contribution in [2.45, 2.75) is 58.0 Å². The summed E-state index contributed by atoms with van der Waals surface area (Å²) in [4.78, 5) is 31.0. The molecule has 0 aromatic carbocycles. The Morgan fingerprint density at radius 2 is 2.08 bits per heavy atom. The lowest BCUT2D eigenvalue weighted by Gasteiger charge is -2.24. The molecule has 1 amide bonds. The van der Waals surface area contributed by atoms with Crippen LogP contribution in [0.5, 0.6) is 0 Å². The Morgan fingerprint density at radius 1 is 1.24 bits per heavy atom. The number of anilines is 1. The summed E-state index contributed by atoms with van der Waals surface area (Å²) >= 11 is 0. The number of carboxylic acid groups (broad SMARTS) is 1. The number of rotatable bonds is 16. The number of carbonyl (C=O) groups excluding carboxylic acids is 1. The molecule has 0 fully saturated rings. The lowest BCUT2D eigenvalue weighted by molar-refractivity contribution is -0.139. The van der Waals surface area contributed by atoms with E-state index in [9.17, 15) is 23.5 Å². The molecule has 1 unspecified atom stereocenters. The van der Waals surface area contributed by atoms with Crippen LogP contribution in [0.3, 0.4) is 0 Å². The molecule has 0 spiro atoms. The van der Waals surface area contributed by atoms with Gasteiger partial charge in [-0.1, -0.05) is 6.07 Å². The standard InChI is InChI=1S/C25H36F2N6O4/c1-2-37-17-16-32(14-4-3-7-19-9-8-18-6-5-12-28-22(18)30-19)15-11-20(24(35)36)31-23(34)21-10-13-29-33(21)25(26)27/h8-10,13,20,25H,2-7,11-12,14-17H2,1H3,(H,28,30)(H,31,34)(H,35,36). The molecule has 3 N–H and O–H groups in total. The number of halogens is 2. The molecule has 0 aliphatic carbocycles. The lowest BCUT2D eigenvalue weighted by atomic mass is 10.1. The zero-order valence-electron chi connectivity index (χ0n) is 21.2. The van der Waals surface area contributed by atoms with E-state index in [4.69, 9.17) is 9.72 Å². The van der Waals surface area contributed by atoms with Crippen LogP contribution in [0.1, 0.15) is 60.9 Å². The number of carbonyl (C=O) groups is 2. The molecule has 0 radical (unpaired) electrons. The van der Waals surface area contributed by atoms with Crippen LogP contribution in [-0.2, 0) is 22.4 Å². The first-order valence-corrected chi connectivity index (χ1v) is 12.8. The summed E-state index contributed by atoms with van der Waals surface area (Å²) in [6, 6.07) is 4.13. The van der Waals surface area contributed by atoms with Gasteiger partial charge in [-0.3, -0.25) is 4.79 Å². The third kappa shape index (κ3) is 8.74. The van der Waals surface area contributed by atoms with Crippen LogP contribution in [0.4, 0.5) is 14.6 Å². The predicted molar refractivity (Wildman–Crippen MR) is 134 cm³/mol. The number of ether oxygens (including phenoxy) is 1. The number of unbranched alkanes of at least 4 members (excludes halogenated alkanes) is 1. The number of nitrogens with one attached hydrogen (secondary N) is 2. The monoisotopic (exact) mass is 522 g/mol. The van der Waals surface area contributed by atoms with Gasteiger partial charge >= 0.3 is 12.5 Å². The number of pyridine rings is 1. The van der Waals surface area contributed by atoms with Crippen molar-refractivity contribution < 1.29 is 28.2 Å². The molecule has 37 heavy (non-hydrogen) atoms. The van der Waals surface area contributed by atoms with Crippen LogP contribution in [-0.4, -0.2) is 82.1 Å². The molecule has 3 rings (SSSR count). The van der Waals surface area contributed by atoms with Gasteiger partial charge in [0, 0.05) is 38.1 Å². The summed E-state index contributed by atoms with van der Waals surface area (Å²) in [5.41, 5.74) is 1.92. The number of nitrogens with zero attached hydrogens (tertiary/aromatic N) is 4. The number of hydrogen-bond acceptors (Lipinski definition) is 7. The Kier molecular flexibility index (Phi) is 11.2. The largest absolute Gasteiger partial charge is 0.480 e. The van der Waals surface area contributed by atoms with Gasteiger partial charge in [0.1, 0.15) is 17.6 Å². The number of hydrogen-bond donors (Lipinski definition) is 3. The van der Waals surface area contributed by atoms with E-state index in [2.05, 4.69) is 32.8 Å². The van der Waals surface area contributed by atoms with Crippen LogP contribution < -0.4 is 10.6 Å². The summed E-state index contributed by atoms with van der Waals surface area (Å²) in [6.45, 7) is 2.70. The minimum atomic E-state index is -3.00. The number of alkyl halides is 2. The first-order valence-electron chi connectivity index (χ1n) is 12.8. The topological polar surface area (TPSA) is 122 Å². The molecule has 2 aromatic rings. The second-order valence-electron chi connectivity index (χ2n) is 8.93. The van der Waals surface area contributed by atoms with Gasteiger partial charge in [0.25, 0.3) is 5.91 Å². The van der Waals surface area contributed by atoms with E-state index in [0.717, 1.165) is 69.0 Å². The molecule has 204 valence electrons. The van der Waals surface area contributed by atoms with Crippen molar-refractivity contribution >= 4 is 17.7 Å². The molecule has 3 heterocycles. The molecule has 0 saturated carbocycles. The summed E-state index contributed by atoms with van der Waals surface area (Å²) in [6.07, 6.45) is 6.02. The van der Waals surface area contributed by atoms with Crippen LogP contribution in [0.2, 0.25) is 0 Å². The van der Waals surface area contributed by atoms with Crippen LogP contribution >= 0.6 is 0 Å². The molecule has 12 heteroatoms.